The van der Waals surface area contributed by atoms with Crippen molar-refractivity contribution in [2.45, 2.75) is 44.6 Å². The van der Waals surface area contributed by atoms with Gasteiger partial charge in [-0.25, -0.2) is 0 Å². The smallest absolute Gasteiger partial charge is 0.233 e. The highest BCUT2D eigenvalue weighted by atomic mass is 16.1. The third-order valence-electron chi connectivity index (χ3n) is 4.55. The van der Waals surface area contributed by atoms with Gasteiger partial charge in [-0.15, -0.1) is 0 Å². The fourth-order valence-electron chi connectivity index (χ4n) is 3.36. The number of hydrogen-bond donors (Lipinski definition) is 2. The summed E-state index contributed by atoms with van der Waals surface area (Å²) >= 11 is 0. The monoisotopic (exact) mass is 222 g/mol. The fraction of sp³-hybridized carbons (Fsp3) is 0.923. The molecule has 0 aromatic heterocycles. The average Bonchev–Trinajstić information content (AvgIpc) is 2.89. The molecule has 2 N–H and O–H groups in total. The van der Waals surface area contributed by atoms with Gasteiger partial charge in [0.05, 0.1) is 6.54 Å². The molecule has 3 aliphatic carbocycles. The number of rotatable bonds is 5. The summed E-state index contributed by atoms with van der Waals surface area (Å²) in [6.07, 6.45) is 8.13. The van der Waals surface area contributed by atoms with E-state index in [1.165, 1.54) is 38.5 Å². The normalized spacial score (nSPS) is 36.6. The Labute approximate surface area is 97.4 Å². The number of fused-ring (bicyclic) bond motifs is 2. The first-order valence-electron chi connectivity index (χ1n) is 6.81. The van der Waals surface area contributed by atoms with Crippen molar-refractivity contribution in [1.29, 1.82) is 0 Å². The Morgan fingerprint density at radius 3 is 2.62 bits per heavy atom. The Kier molecular flexibility index (Phi) is 2.88. The van der Waals surface area contributed by atoms with Gasteiger partial charge in [0.2, 0.25) is 5.91 Å². The minimum Gasteiger partial charge on any atom is -0.355 e. The molecule has 0 radical (unpaired) electrons. The third-order valence-corrected chi connectivity index (χ3v) is 4.55. The Morgan fingerprint density at radius 1 is 1.12 bits per heavy atom. The highest BCUT2D eigenvalue weighted by Crippen LogP contribution is 2.44. The predicted octanol–water partition coefficient (Wildman–Crippen LogP) is 1.29. The van der Waals surface area contributed by atoms with Crippen LogP contribution in [0.4, 0.5) is 0 Å². The summed E-state index contributed by atoms with van der Waals surface area (Å²) in [5, 5.41) is 6.46. The van der Waals surface area contributed by atoms with Gasteiger partial charge in [0.1, 0.15) is 0 Å². The van der Waals surface area contributed by atoms with Gasteiger partial charge in [-0.1, -0.05) is 6.42 Å². The Bertz CT molecular complexity index is 275. The van der Waals surface area contributed by atoms with Crippen LogP contribution in [0.2, 0.25) is 0 Å². The van der Waals surface area contributed by atoms with Gasteiger partial charge >= 0.3 is 0 Å². The second kappa shape index (κ2) is 4.36. The van der Waals surface area contributed by atoms with E-state index < -0.39 is 0 Å². The number of carbonyl (C=O) groups is 1. The zero-order valence-corrected chi connectivity index (χ0v) is 9.87. The Morgan fingerprint density at radius 2 is 2.00 bits per heavy atom. The molecule has 90 valence electrons. The van der Waals surface area contributed by atoms with E-state index in [4.69, 9.17) is 0 Å². The van der Waals surface area contributed by atoms with E-state index >= 15 is 0 Å². The van der Waals surface area contributed by atoms with E-state index in [1.54, 1.807) is 0 Å². The van der Waals surface area contributed by atoms with Crippen molar-refractivity contribution >= 4 is 5.91 Å². The van der Waals surface area contributed by atoms with Crippen LogP contribution in [0, 0.1) is 17.8 Å². The quantitative estimate of drug-likeness (QED) is 0.736. The standard InChI is InChI=1S/C13H22N2O/c16-13(15-7-9-1-2-9)8-14-12-6-10-3-4-11(12)5-10/h9-12,14H,1-8H2,(H,15,16)/t10-,11-,12+/m0/s1. The summed E-state index contributed by atoms with van der Waals surface area (Å²) in [5.41, 5.74) is 0. The zero-order valence-electron chi connectivity index (χ0n) is 9.87. The molecule has 2 bridgehead atoms. The molecular weight excluding hydrogens is 200 g/mol. The van der Waals surface area contributed by atoms with Crippen LogP contribution < -0.4 is 10.6 Å². The minimum atomic E-state index is 0.190. The molecule has 0 saturated heterocycles. The van der Waals surface area contributed by atoms with Crippen molar-refractivity contribution in [3.05, 3.63) is 0 Å². The Hall–Kier alpha value is -0.570. The highest BCUT2D eigenvalue weighted by Gasteiger charge is 2.39. The fourth-order valence-corrected chi connectivity index (χ4v) is 3.36. The molecule has 0 aliphatic heterocycles. The van der Waals surface area contributed by atoms with Crippen LogP contribution in [0.1, 0.15) is 38.5 Å². The van der Waals surface area contributed by atoms with Gasteiger partial charge < -0.3 is 10.6 Å². The first-order chi connectivity index (χ1) is 7.81. The summed E-state index contributed by atoms with van der Waals surface area (Å²) < 4.78 is 0. The molecule has 3 saturated carbocycles. The first-order valence-corrected chi connectivity index (χ1v) is 6.81. The van der Waals surface area contributed by atoms with Crippen LogP contribution in [0.15, 0.2) is 0 Å². The maximum Gasteiger partial charge on any atom is 0.233 e. The van der Waals surface area contributed by atoms with Crippen molar-refractivity contribution in [1.82, 2.24) is 10.6 Å². The highest BCUT2D eigenvalue weighted by molar-refractivity contribution is 5.78. The van der Waals surface area contributed by atoms with Crippen LogP contribution in [-0.4, -0.2) is 25.0 Å². The van der Waals surface area contributed by atoms with Crippen molar-refractivity contribution < 1.29 is 4.79 Å². The molecule has 3 nitrogen and oxygen atoms in total. The summed E-state index contributed by atoms with van der Waals surface area (Å²) in [6, 6.07) is 0.630. The average molecular weight is 222 g/mol. The molecule has 3 atom stereocenters. The maximum absolute atomic E-state index is 11.6. The molecular formula is C13H22N2O. The lowest BCUT2D eigenvalue weighted by Crippen LogP contribution is -2.41. The summed E-state index contributed by atoms with van der Waals surface area (Å²) in [4.78, 5) is 11.6. The second-order valence-electron chi connectivity index (χ2n) is 5.91. The van der Waals surface area contributed by atoms with Crippen molar-refractivity contribution in [2.24, 2.45) is 17.8 Å². The molecule has 1 amide bonds. The van der Waals surface area contributed by atoms with E-state index in [9.17, 15) is 4.79 Å². The number of amides is 1. The summed E-state index contributed by atoms with van der Waals surface area (Å²) in [7, 11) is 0. The lowest BCUT2D eigenvalue weighted by Gasteiger charge is -2.22. The van der Waals surface area contributed by atoms with Gasteiger partial charge in [-0.3, -0.25) is 4.79 Å². The number of hydrogen-bond acceptors (Lipinski definition) is 2. The van der Waals surface area contributed by atoms with E-state index in [0.717, 1.165) is 24.3 Å². The SMILES string of the molecule is O=C(CN[C@@H]1C[C@H]2CC[C@H]1C2)NCC1CC1. The van der Waals surface area contributed by atoms with Gasteiger partial charge in [0, 0.05) is 12.6 Å². The molecule has 0 unspecified atom stereocenters. The van der Waals surface area contributed by atoms with E-state index in [2.05, 4.69) is 10.6 Å². The summed E-state index contributed by atoms with van der Waals surface area (Å²) in [6.45, 7) is 1.43. The molecule has 3 rings (SSSR count). The molecule has 3 fully saturated rings. The summed E-state index contributed by atoms with van der Waals surface area (Å²) in [5.74, 6) is 2.79. The maximum atomic E-state index is 11.6. The molecule has 3 heteroatoms. The van der Waals surface area contributed by atoms with Gasteiger partial charge in [0.25, 0.3) is 0 Å². The minimum absolute atomic E-state index is 0.190. The third kappa shape index (κ3) is 2.40. The van der Waals surface area contributed by atoms with Gasteiger partial charge in [-0.2, -0.15) is 0 Å². The van der Waals surface area contributed by atoms with Crippen molar-refractivity contribution in [2.75, 3.05) is 13.1 Å². The van der Waals surface area contributed by atoms with Crippen LogP contribution in [0.5, 0.6) is 0 Å². The van der Waals surface area contributed by atoms with E-state index in [1.807, 2.05) is 0 Å². The van der Waals surface area contributed by atoms with Crippen LogP contribution in [0.3, 0.4) is 0 Å². The molecule has 0 heterocycles. The lowest BCUT2D eigenvalue weighted by molar-refractivity contribution is -0.120. The second-order valence-corrected chi connectivity index (χ2v) is 5.91. The Balaban J connectivity index is 1.34. The van der Waals surface area contributed by atoms with E-state index in [0.29, 0.717) is 12.6 Å². The predicted molar refractivity (Wildman–Crippen MR) is 63.0 cm³/mol. The zero-order chi connectivity index (χ0) is 11.0. The van der Waals surface area contributed by atoms with Gasteiger partial charge in [-0.05, 0) is 49.9 Å². The van der Waals surface area contributed by atoms with Crippen molar-refractivity contribution in [3.8, 4) is 0 Å². The largest absolute Gasteiger partial charge is 0.355 e. The van der Waals surface area contributed by atoms with Crippen LogP contribution in [-0.2, 0) is 4.79 Å². The topological polar surface area (TPSA) is 41.1 Å². The van der Waals surface area contributed by atoms with E-state index in [-0.39, 0.29) is 5.91 Å². The molecule has 16 heavy (non-hydrogen) atoms. The van der Waals surface area contributed by atoms with Gasteiger partial charge in [0.15, 0.2) is 0 Å². The lowest BCUT2D eigenvalue weighted by atomic mass is 9.95. The molecule has 3 aliphatic rings. The van der Waals surface area contributed by atoms with Crippen LogP contribution >= 0.6 is 0 Å². The first kappa shape index (κ1) is 10.6. The molecule has 0 spiro atoms. The van der Waals surface area contributed by atoms with Crippen LogP contribution in [0.25, 0.3) is 0 Å². The number of nitrogens with one attached hydrogen (secondary N) is 2. The number of carbonyl (C=O) groups excluding carboxylic acids is 1. The molecule has 0 aromatic rings. The molecule has 0 aromatic carbocycles. The van der Waals surface area contributed by atoms with Crippen molar-refractivity contribution in [3.63, 3.8) is 0 Å².